The van der Waals surface area contributed by atoms with Crippen LogP contribution in [0.1, 0.15) is 12.8 Å². The molecule has 1 heterocycles. The van der Waals surface area contributed by atoms with Crippen molar-refractivity contribution in [3.63, 3.8) is 0 Å². The molecule has 0 aromatic rings. The van der Waals surface area contributed by atoms with Gasteiger partial charge in [-0.1, -0.05) is 6.08 Å². The van der Waals surface area contributed by atoms with Crippen LogP contribution >= 0.6 is 12.4 Å². The van der Waals surface area contributed by atoms with Crippen molar-refractivity contribution < 1.29 is 0 Å². The zero-order valence-electron chi connectivity index (χ0n) is 4.89. The Morgan fingerprint density at radius 2 is 2.38 bits per heavy atom. The van der Waals surface area contributed by atoms with Gasteiger partial charge in [0.25, 0.3) is 0 Å². The maximum atomic E-state index is 3.68. The van der Waals surface area contributed by atoms with Crippen LogP contribution in [-0.4, -0.2) is 12.6 Å². The third-order valence-corrected chi connectivity index (χ3v) is 1.38. The molecule has 1 atom stereocenters. The highest BCUT2D eigenvalue weighted by Crippen LogP contribution is 2.03. The molecule has 0 saturated carbocycles. The van der Waals surface area contributed by atoms with Gasteiger partial charge in [-0.3, -0.25) is 0 Å². The highest BCUT2D eigenvalue weighted by atomic mass is 35.5. The first-order valence-corrected chi connectivity index (χ1v) is 2.79. The molecule has 48 valence electrons. The zero-order chi connectivity index (χ0) is 5.11. The molecule has 1 nitrogen and oxygen atoms in total. The van der Waals surface area contributed by atoms with Gasteiger partial charge < -0.3 is 5.32 Å². The molecule has 1 saturated heterocycles. The van der Waals surface area contributed by atoms with Crippen molar-refractivity contribution in [2.75, 3.05) is 6.54 Å². The molecule has 0 aromatic heterocycles. The van der Waals surface area contributed by atoms with Crippen molar-refractivity contribution in [3.8, 4) is 0 Å². The second-order valence-corrected chi connectivity index (χ2v) is 1.94. The van der Waals surface area contributed by atoms with E-state index in [0.717, 1.165) is 0 Å². The standard InChI is InChI=1S/C6H11N.ClH/c1-2-6-4-3-5-7-6;/h2,6-7H,1,3-5H2;1H/t6-;/m1./s1. The first-order valence-electron chi connectivity index (χ1n) is 2.79. The largest absolute Gasteiger partial charge is 0.311 e. The number of hydrogen-bond donors (Lipinski definition) is 1. The van der Waals surface area contributed by atoms with Crippen molar-refractivity contribution in [1.29, 1.82) is 0 Å². The van der Waals surface area contributed by atoms with Crippen molar-refractivity contribution in [2.45, 2.75) is 18.9 Å². The Balaban J connectivity index is 0.000000490. The van der Waals surface area contributed by atoms with Gasteiger partial charge >= 0.3 is 0 Å². The number of nitrogens with one attached hydrogen (secondary N) is 1. The summed E-state index contributed by atoms with van der Waals surface area (Å²) in [6.07, 6.45) is 4.58. The predicted molar refractivity (Wildman–Crippen MR) is 38.5 cm³/mol. The van der Waals surface area contributed by atoms with Gasteiger partial charge in [0.2, 0.25) is 0 Å². The molecular weight excluding hydrogens is 122 g/mol. The van der Waals surface area contributed by atoms with E-state index < -0.39 is 0 Å². The second-order valence-electron chi connectivity index (χ2n) is 1.94. The molecule has 1 aliphatic heterocycles. The average Bonchev–Trinajstić information content (AvgIpc) is 2.14. The molecule has 0 aliphatic carbocycles. The third kappa shape index (κ3) is 1.85. The number of halogens is 1. The Morgan fingerprint density at radius 3 is 2.62 bits per heavy atom. The van der Waals surface area contributed by atoms with E-state index in [-0.39, 0.29) is 12.4 Å². The summed E-state index contributed by atoms with van der Waals surface area (Å²) in [4.78, 5) is 0. The topological polar surface area (TPSA) is 12.0 Å². The van der Waals surface area contributed by atoms with Crippen molar-refractivity contribution in [3.05, 3.63) is 12.7 Å². The van der Waals surface area contributed by atoms with Crippen molar-refractivity contribution >= 4 is 12.4 Å². The van der Waals surface area contributed by atoms with Crippen LogP contribution in [-0.2, 0) is 0 Å². The van der Waals surface area contributed by atoms with Crippen molar-refractivity contribution in [1.82, 2.24) is 5.32 Å². The van der Waals surface area contributed by atoms with Gasteiger partial charge in [0.15, 0.2) is 0 Å². The van der Waals surface area contributed by atoms with E-state index in [9.17, 15) is 0 Å². The van der Waals surface area contributed by atoms with Gasteiger partial charge in [0.1, 0.15) is 0 Å². The zero-order valence-corrected chi connectivity index (χ0v) is 5.71. The summed E-state index contributed by atoms with van der Waals surface area (Å²) in [7, 11) is 0. The molecule has 1 rings (SSSR count). The Kier molecular flexibility index (Phi) is 3.92. The summed E-state index contributed by atoms with van der Waals surface area (Å²) in [5.41, 5.74) is 0. The van der Waals surface area contributed by atoms with Gasteiger partial charge in [-0.25, -0.2) is 0 Å². The highest BCUT2D eigenvalue weighted by Gasteiger charge is 2.07. The maximum absolute atomic E-state index is 3.68. The molecule has 0 aromatic carbocycles. The molecule has 8 heavy (non-hydrogen) atoms. The Morgan fingerprint density at radius 1 is 1.62 bits per heavy atom. The molecule has 0 amide bonds. The lowest BCUT2D eigenvalue weighted by atomic mass is 10.2. The highest BCUT2D eigenvalue weighted by molar-refractivity contribution is 5.85. The summed E-state index contributed by atoms with van der Waals surface area (Å²) in [5, 5.41) is 3.29. The fraction of sp³-hybridized carbons (Fsp3) is 0.667. The second kappa shape index (κ2) is 3.93. The molecule has 1 aliphatic rings. The van der Waals surface area contributed by atoms with Gasteiger partial charge in [0, 0.05) is 6.04 Å². The van der Waals surface area contributed by atoms with Crippen LogP contribution in [0.4, 0.5) is 0 Å². The number of rotatable bonds is 1. The summed E-state index contributed by atoms with van der Waals surface area (Å²) < 4.78 is 0. The van der Waals surface area contributed by atoms with Gasteiger partial charge in [-0.15, -0.1) is 19.0 Å². The molecular formula is C6H12ClN. The quantitative estimate of drug-likeness (QED) is 0.533. The molecule has 0 spiro atoms. The van der Waals surface area contributed by atoms with Crippen LogP contribution in [0, 0.1) is 0 Å². The monoisotopic (exact) mass is 133 g/mol. The first kappa shape index (κ1) is 7.99. The van der Waals surface area contributed by atoms with Crippen LogP contribution in [0.2, 0.25) is 0 Å². The fourth-order valence-corrected chi connectivity index (χ4v) is 0.913. The molecule has 0 unspecified atom stereocenters. The lowest BCUT2D eigenvalue weighted by Crippen LogP contribution is -2.17. The van der Waals surface area contributed by atoms with Crippen LogP contribution < -0.4 is 5.32 Å². The van der Waals surface area contributed by atoms with Gasteiger partial charge in [-0.05, 0) is 19.4 Å². The summed E-state index contributed by atoms with van der Waals surface area (Å²) in [5.74, 6) is 0. The molecule has 2 heteroatoms. The lowest BCUT2D eigenvalue weighted by molar-refractivity contribution is 0.729. The van der Waals surface area contributed by atoms with E-state index in [1.54, 1.807) is 0 Å². The minimum atomic E-state index is 0. The van der Waals surface area contributed by atoms with E-state index in [0.29, 0.717) is 6.04 Å². The SMILES string of the molecule is C=C[C@@H]1CCCN1.Cl. The normalized spacial score (nSPS) is 26.8. The van der Waals surface area contributed by atoms with Crippen LogP contribution in [0.3, 0.4) is 0 Å². The van der Waals surface area contributed by atoms with Crippen LogP contribution in [0.25, 0.3) is 0 Å². The summed E-state index contributed by atoms with van der Waals surface area (Å²) >= 11 is 0. The van der Waals surface area contributed by atoms with E-state index in [2.05, 4.69) is 11.9 Å². The predicted octanol–water partition coefficient (Wildman–Crippen LogP) is 1.35. The van der Waals surface area contributed by atoms with E-state index in [4.69, 9.17) is 0 Å². The average molecular weight is 134 g/mol. The van der Waals surface area contributed by atoms with E-state index in [1.165, 1.54) is 19.4 Å². The molecule has 0 radical (unpaired) electrons. The molecule has 1 N–H and O–H groups in total. The summed E-state index contributed by atoms with van der Waals surface area (Å²) in [6.45, 7) is 4.86. The van der Waals surface area contributed by atoms with Gasteiger partial charge in [0.05, 0.1) is 0 Å². The number of hydrogen-bond acceptors (Lipinski definition) is 1. The van der Waals surface area contributed by atoms with E-state index >= 15 is 0 Å². The first-order chi connectivity index (χ1) is 3.43. The fourth-order valence-electron chi connectivity index (χ4n) is 0.913. The van der Waals surface area contributed by atoms with Crippen LogP contribution in [0.15, 0.2) is 12.7 Å². The molecule has 1 fully saturated rings. The van der Waals surface area contributed by atoms with Crippen molar-refractivity contribution in [2.24, 2.45) is 0 Å². The Bertz CT molecular complexity index is 66.9. The smallest absolute Gasteiger partial charge is 0.0247 e. The summed E-state index contributed by atoms with van der Waals surface area (Å²) in [6, 6.07) is 0.611. The Labute approximate surface area is 56.6 Å². The van der Waals surface area contributed by atoms with E-state index in [1.807, 2.05) is 6.08 Å². The maximum Gasteiger partial charge on any atom is 0.0247 e. The molecule has 0 bridgehead atoms. The third-order valence-electron chi connectivity index (χ3n) is 1.38. The van der Waals surface area contributed by atoms with Gasteiger partial charge in [-0.2, -0.15) is 0 Å². The minimum Gasteiger partial charge on any atom is -0.311 e. The lowest BCUT2D eigenvalue weighted by Gasteiger charge is -1.97. The van der Waals surface area contributed by atoms with Crippen LogP contribution in [0.5, 0.6) is 0 Å². The Hall–Kier alpha value is -0.0100. The minimum absolute atomic E-state index is 0.